The molecule has 1 aromatic rings. The van der Waals surface area contributed by atoms with Crippen LogP contribution in [-0.2, 0) is 13.5 Å². The molecule has 0 aliphatic rings. The van der Waals surface area contributed by atoms with Gasteiger partial charge in [0.15, 0.2) is 5.82 Å². The van der Waals surface area contributed by atoms with E-state index in [9.17, 15) is 0 Å². The van der Waals surface area contributed by atoms with Crippen molar-refractivity contribution in [2.24, 2.45) is 18.4 Å². The zero-order chi connectivity index (χ0) is 15.2. The van der Waals surface area contributed by atoms with Gasteiger partial charge in [-0.2, -0.15) is 4.80 Å². The van der Waals surface area contributed by atoms with Gasteiger partial charge < -0.3 is 5.32 Å². The van der Waals surface area contributed by atoms with Gasteiger partial charge in [-0.25, -0.2) is 0 Å². The van der Waals surface area contributed by atoms with Crippen LogP contribution in [0.25, 0.3) is 0 Å². The molecule has 0 aliphatic carbocycles. The quantitative estimate of drug-likeness (QED) is 0.795. The molecular weight excluding hydrogens is 250 g/mol. The minimum Gasteiger partial charge on any atom is -0.314 e. The number of tetrazole rings is 1. The maximum Gasteiger partial charge on any atom is 0.176 e. The first-order chi connectivity index (χ1) is 9.30. The van der Waals surface area contributed by atoms with Crippen molar-refractivity contribution in [3.05, 3.63) is 5.82 Å². The average Bonchev–Trinajstić information content (AvgIpc) is 2.69. The normalized spacial score (nSPS) is 15.3. The van der Waals surface area contributed by atoms with Crippen LogP contribution in [0.2, 0.25) is 0 Å². The summed E-state index contributed by atoms with van der Waals surface area (Å²) in [6, 6.07) is 0.441. The van der Waals surface area contributed by atoms with Crippen LogP contribution in [0.4, 0.5) is 0 Å². The molecular formula is C15H31N5. The molecule has 0 aromatic carbocycles. The molecule has 5 heteroatoms. The molecule has 0 radical (unpaired) electrons. The molecule has 0 amide bonds. The Balaban J connectivity index is 2.54. The van der Waals surface area contributed by atoms with E-state index in [0.717, 1.165) is 31.6 Å². The first-order valence-corrected chi connectivity index (χ1v) is 7.76. The lowest BCUT2D eigenvalue weighted by Gasteiger charge is -2.27. The number of nitrogens with one attached hydrogen (secondary N) is 1. The Kier molecular flexibility index (Phi) is 6.59. The van der Waals surface area contributed by atoms with Crippen LogP contribution in [0, 0.1) is 11.3 Å². The third-order valence-electron chi connectivity index (χ3n) is 3.31. The second-order valence-electron chi connectivity index (χ2n) is 7.16. The molecule has 0 spiro atoms. The molecule has 0 bridgehead atoms. The molecule has 116 valence electrons. The minimum absolute atomic E-state index is 0.388. The highest BCUT2D eigenvalue weighted by Crippen LogP contribution is 2.27. The largest absolute Gasteiger partial charge is 0.314 e. The predicted molar refractivity (Wildman–Crippen MR) is 82.4 cm³/mol. The van der Waals surface area contributed by atoms with E-state index in [1.807, 2.05) is 7.05 Å². The second-order valence-corrected chi connectivity index (χ2v) is 7.16. The number of rotatable bonds is 8. The lowest BCUT2D eigenvalue weighted by Crippen LogP contribution is -2.34. The summed E-state index contributed by atoms with van der Waals surface area (Å²) in [6.07, 6.45) is 4.42. The third-order valence-corrected chi connectivity index (χ3v) is 3.31. The Hall–Kier alpha value is -0.970. The fourth-order valence-electron chi connectivity index (χ4n) is 2.83. The van der Waals surface area contributed by atoms with Crippen LogP contribution >= 0.6 is 0 Å². The molecule has 1 rings (SSSR count). The van der Waals surface area contributed by atoms with E-state index in [-0.39, 0.29) is 0 Å². The van der Waals surface area contributed by atoms with Gasteiger partial charge in [0.1, 0.15) is 0 Å². The molecule has 1 N–H and O–H groups in total. The number of aryl methyl sites for hydroxylation is 1. The van der Waals surface area contributed by atoms with Crippen molar-refractivity contribution in [1.82, 2.24) is 25.5 Å². The summed E-state index contributed by atoms with van der Waals surface area (Å²) in [5, 5.41) is 15.9. The van der Waals surface area contributed by atoms with Gasteiger partial charge in [0, 0.05) is 12.5 Å². The van der Waals surface area contributed by atoms with Crippen molar-refractivity contribution in [3.8, 4) is 0 Å². The van der Waals surface area contributed by atoms with E-state index in [0.29, 0.717) is 17.4 Å². The monoisotopic (exact) mass is 281 g/mol. The summed E-state index contributed by atoms with van der Waals surface area (Å²) in [7, 11) is 1.81. The van der Waals surface area contributed by atoms with Gasteiger partial charge in [0.25, 0.3) is 0 Å². The fraction of sp³-hybridized carbons (Fsp3) is 0.933. The van der Waals surface area contributed by atoms with Crippen molar-refractivity contribution in [1.29, 1.82) is 0 Å². The zero-order valence-corrected chi connectivity index (χ0v) is 14.0. The highest BCUT2D eigenvalue weighted by atomic mass is 15.6. The fourth-order valence-corrected chi connectivity index (χ4v) is 2.83. The summed E-state index contributed by atoms with van der Waals surface area (Å²) in [4.78, 5) is 1.53. The van der Waals surface area contributed by atoms with Gasteiger partial charge in [0.05, 0.1) is 7.05 Å². The topological polar surface area (TPSA) is 55.6 Å². The van der Waals surface area contributed by atoms with E-state index in [2.05, 4.69) is 55.3 Å². The molecule has 0 saturated carbocycles. The number of nitrogens with zero attached hydrogens (tertiary/aromatic N) is 4. The van der Waals surface area contributed by atoms with Crippen molar-refractivity contribution in [2.45, 2.75) is 66.3 Å². The maximum atomic E-state index is 4.29. The summed E-state index contributed by atoms with van der Waals surface area (Å²) < 4.78 is 0. The van der Waals surface area contributed by atoms with Gasteiger partial charge >= 0.3 is 0 Å². The molecule has 0 saturated heterocycles. The Morgan fingerprint density at radius 1 is 1.30 bits per heavy atom. The minimum atomic E-state index is 0.388. The zero-order valence-electron chi connectivity index (χ0n) is 14.0. The highest BCUT2D eigenvalue weighted by molar-refractivity contribution is 4.86. The Bertz CT molecular complexity index is 380. The van der Waals surface area contributed by atoms with Gasteiger partial charge in [0.2, 0.25) is 0 Å². The van der Waals surface area contributed by atoms with Crippen molar-refractivity contribution >= 4 is 0 Å². The van der Waals surface area contributed by atoms with Crippen LogP contribution in [-0.4, -0.2) is 32.8 Å². The summed E-state index contributed by atoms with van der Waals surface area (Å²) in [5.74, 6) is 1.53. The standard InChI is InChI=1S/C15H31N5/c1-7-8-16-13(9-12(2)11-15(3,4)5)10-14-17-19-20(6)18-14/h12-13,16H,7-11H2,1-6H3. The Morgan fingerprint density at radius 3 is 2.50 bits per heavy atom. The van der Waals surface area contributed by atoms with E-state index in [1.165, 1.54) is 11.2 Å². The van der Waals surface area contributed by atoms with Crippen LogP contribution in [0.5, 0.6) is 0 Å². The molecule has 0 fully saturated rings. The molecule has 1 aromatic heterocycles. The van der Waals surface area contributed by atoms with Crippen molar-refractivity contribution < 1.29 is 0 Å². The van der Waals surface area contributed by atoms with Crippen LogP contribution in [0.15, 0.2) is 0 Å². The predicted octanol–water partition coefficient (Wildman–Crippen LogP) is 2.58. The van der Waals surface area contributed by atoms with Crippen molar-refractivity contribution in [3.63, 3.8) is 0 Å². The SMILES string of the molecule is CCCNC(Cc1nnn(C)n1)CC(C)CC(C)(C)C. The first-order valence-electron chi connectivity index (χ1n) is 7.76. The second kappa shape index (κ2) is 7.72. The van der Waals surface area contributed by atoms with Gasteiger partial charge in [-0.3, -0.25) is 0 Å². The Morgan fingerprint density at radius 2 is 2.00 bits per heavy atom. The van der Waals surface area contributed by atoms with E-state index in [1.54, 1.807) is 0 Å². The van der Waals surface area contributed by atoms with Crippen molar-refractivity contribution in [2.75, 3.05) is 6.54 Å². The number of hydrogen-bond acceptors (Lipinski definition) is 4. The van der Waals surface area contributed by atoms with Crippen LogP contribution in [0.3, 0.4) is 0 Å². The Labute approximate surface area is 123 Å². The molecule has 2 atom stereocenters. The smallest absolute Gasteiger partial charge is 0.176 e. The lowest BCUT2D eigenvalue weighted by molar-refractivity contribution is 0.273. The average molecular weight is 281 g/mol. The lowest BCUT2D eigenvalue weighted by atomic mass is 9.82. The van der Waals surface area contributed by atoms with E-state index in [4.69, 9.17) is 0 Å². The molecule has 20 heavy (non-hydrogen) atoms. The summed E-state index contributed by atoms with van der Waals surface area (Å²) in [5.41, 5.74) is 0.388. The van der Waals surface area contributed by atoms with Crippen LogP contribution in [0.1, 0.15) is 59.7 Å². The highest BCUT2D eigenvalue weighted by Gasteiger charge is 2.20. The van der Waals surface area contributed by atoms with Gasteiger partial charge in [-0.15, -0.1) is 10.2 Å². The van der Waals surface area contributed by atoms with Crippen LogP contribution < -0.4 is 5.32 Å². The summed E-state index contributed by atoms with van der Waals surface area (Å²) >= 11 is 0. The van der Waals surface area contributed by atoms with Gasteiger partial charge in [-0.1, -0.05) is 34.6 Å². The third kappa shape index (κ3) is 6.98. The molecule has 0 aliphatic heterocycles. The van der Waals surface area contributed by atoms with Gasteiger partial charge in [-0.05, 0) is 42.4 Å². The molecule has 5 nitrogen and oxygen atoms in total. The number of aromatic nitrogens is 4. The first kappa shape index (κ1) is 17.1. The van der Waals surface area contributed by atoms with E-state index < -0.39 is 0 Å². The molecule has 1 heterocycles. The van der Waals surface area contributed by atoms with E-state index >= 15 is 0 Å². The summed E-state index contributed by atoms with van der Waals surface area (Å²) in [6.45, 7) is 12.5. The molecule has 2 unspecified atom stereocenters. The number of hydrogen-bond donors (Lipinski definition) is 1. The maximum absolute atomic E-state index is 4.29.